The summed E-state index contributed by atoms with van der Waals surface area (Å²) < 4.78 is 30.7. The molecule has 2 aromatic carbocycles. The first kappa shape index (κ1) is 19.9. The molecule has 7 nitrogen and oxygen atoms in total. The Morgan fingerprint density at radius 1 is 1.11 bits per heavy atom. The molecular formula is C20H22N2O5S. The molecule has 148 valence electrons. The van der Waals surface area contributed by atoms with Crippen molar-refractivity contribution < 1.29 is 22.7 Å². The van der Waals surface area contributed by atoms with Gasteiger partial charge in [0.15, 0.2) is 0 Å². The lowest BCUT2D eigenvalue weighted by atomic mass is 10.1. The molecule has 2 amide bonds. The molecule has 1 N–H and O–H groups in total. The fourth-order valence-corrected chi connectivity index (χ4v) is 4.75. The summed E-state index contributed by atoms with van der Waals surface area (Å²) in [5, 5.41) is 2.77. The van der Waals surface area contributed by atoms with Crippen LogP contribution in [0.5, 0.6) is 5.75 Å². The predicted octanol–water partition coefficient (Wildman–Crippen LogP) is 3.04. The largest absolute Gasteiger partial charge is 0.491 e. The lowest BCUT2D eigenvalue weighted by Crippen LogP contribution is -2.30. The lowest BCUT2D eigenvalue weighted by Gasteiger charge is -2.15. The molecule has 8 heteroatoms. The van der Waals surface area contributed by atoms with Crippen molar-refractivity contribution in [3.63, 3.8) is 0 Å². The van der Waals surface area contributed by atoms with Gasteiger partial charge in [0.25, 0.3) is 5.91 Å². The zero-order chi connectivity index (χ0) is 20.5. The Hall–Kier alpha value is -2.87. The molecule has 1 aliphatic heterocycles. The van der Waals surface area contributed by atoms with E-state index in [1.54, 1.807) is 31.2 Å². The van der Waals surface area contributed by atoms with Gasteiger partial charge in [-0.05, 0) is 62.4 Å². The van der Waals surface area contributed by atoms with E-state index in [9.17, 15) is 18.0 Å². The second kappa shape index (κ2) is 7.63. The Morgan fingerprint density at radius 3 is 2.21 bits per heavy atom. The fraction of sp³-hybridized carbons (Fsp3) is 0.300. The van der Waals surface area contributed by atoms with Crippen molar-refractivity contribution in [2.45, 2.75) is 26.9 Å². The minimum atomic E-state index is -3.66. The maximum atomic E-state index is 12.4. The number of anilines is 2. The first-order chi connectivity index (χ1) is 13.2. The first-order valence-corrected chi connectivity index (χ1v) is 10.5. The van der Waals surface area contributed by atoms with Crippen molar-refractivity contribution in [2.75, 3.05) is 15.4 Å². The zero-order valence-corrected chi connectivity index (χ0v) is 16.7. The number of carbonyl (C=O) groups is 2. The van der Waals surface area contributed by atoms with E-state index in [1.165, 1.54) is 24.3 Å². The van der Waals surface area contributed by atoms with Gasteiger partial charge >= 0.3 is 0 Å². The highest BCUT2D eigenvalue weighted by molar-refractivity contribution is 7.94. The molecule has 0 spiro atoms. The van der Waals surface area contributed by atoms with Gasteiger partial charge in [0, 0.05) is 11.3 Å². The van der Waals surface area contributed by atoms with Crippen LogP contribution >= 0.6 is 0 Å². The Labute approximate surface area is 164 Å². The summed E-state index contributed by atoms with van der Waals surface area (Å²) in [5.74, 6) is -0.863. The quantitative estimate of drug-likeness (QED) is 0.830. The summed E-state index contributed by atoms with van der Waals surface area (Å²) >= 11 is 0. The third-order valence-corrected chi connectivity index (χ3v) is 6.08. The van der Waals surface area contributed by atoms with Crippen LogP contribution in [0.2, 0.25) is 0 Å². The fourth-order valence-electron chi connectivity index (χ4n) is 2.93. The zero-order valence-electron chi connectivity index (χ0n) is 15.9. The van der Waals surface area contributed by atoms with Crippen molar-refractivity contribution >= 4 is 33.2 Å². The number of rotatable bonds is 5. The third-order valence-electron chi connectivity index (χ3n) is 4.21. The van der Waals surface area contributed by atoms with E-state index in [-0.39, 0.29) is 23.5 Å². The second-order valence-electron chi connectivity index (χ2n) is 6.97. The van der Waals surface area contributed by atoms with Crippen LogP contribution in [0.4, 0.5) is 11.4 Å². The number of benzene rings is 2. The minimum absolute atomic E-state index is 0.0632. The number of nitrogens with one attached hydrogen (secondary N) is 1. The summed E-state index contributed by atoms with van der Waals surface area (Å²) in [6, 6.07) is 12.9. The molecule has 1 saturated heterocycles. The van der Waals surface area contributed by atoms with Gasteiger partial charge in [-0.15, -0.1) is 0 Å². The highest BCUT2D eigenvalue weighted by atomic mass is 32.2. The number of nitrogens with zero attached hydrogens (tertiary/aromatic N) is 1. The van der Waals surface area contributed by atoms with Crippen LogP contribution in [0.3, 0.4) is 0 Å². The van der Waals surface area contributed by atoms with E-state index in [2.05, 4.69) is 5.32 Å². The Bertz CT molecular complexity index is 982. The summed E-state index contributed by atoms with van der Waals surface area (Å²) in [6.45, 7) is 5.45. The molecule has 0 radical (unpaired) electrons. The molecule has 1 unspecified atom stereocenters. The summed E-state index contributed by atoms with van der Waals surface area (Å²) in [6.07, 6.45) is 0.0632. The highest BCUT2D eigenvalue weighted by Gasteiger charge is 2.41. The second-order valence-corrected chi connectivity index (χ2v) is 8.84. The van der Waals surface area contributed by atoms with Crippen molar-refractivity contribution in [3.8, 4) is 5.75 Å². The number of ether oxygens (including phenoxy) is 1. The smallest absolute Gasteiger partial charge is 0.255 e. The number of carbonyl (C=O) groups excluding carboxylic acids is 2. The predicted molar refractivity (Wildman–Crippen MR) is 107 cm³/mol. The van der Waals surface area contributed by atoms with E-state index in [4.69, 9.17) is 4.74 Å². The van der Waals surface area contributed by atoms with Gasteiger partial charge in [0.2, 0.25) is 15.9 Å². The van der Waals surface area contributed by atoms with Crippen LogP contribution in [0.1, 0.15) is 31.1 Å². The number of hydrogen-bond donors (Lipinski definition) is 1. The van der Waals surface area contributed by atoms with Gasteiger partial charge in [-0.25, -0.2) is 12.7 Å². The average Bonchev–Trinajstić information content (AvgIpc) is 2.83. The molecule has 1 heterocycles. The summed E-state index contributed by atoms with van der Waals surface area (Å²) in [4.78, 5) is 24.5. The molecule has 0 aromatic heterocycles. The number of amides is 2. The molecule has 1 fully saturated rings. The number of hydrogen-bond acceptors (Lipinski definition) is 5. The maximum absolute atomic E-state index is 12.4. The van der Waals surface area contributed by atoms with E-state index >= 15 is 0 Å². The van der Waals surface area contributed by atoms with Crippen molar-refractivity contribution in [1.29, 1.82) is 0 Å². The topological polar surface area (TPSA) is 92.8 Å². The van der Waals surface area contributed by atoms with E-state index in [1.807, 2.05) is 13.8 Å². The van der Waals surface area contributed by atoms with E-state index in [0.717, 1.165) is 4.31 Å². The normalized spacial score (nSPS) is 18.4. The summed E-state index contributed by atoms with van der Waals surface area (Å²) in [5.41, 5.74) is 1.20. The van der Waals surface area contributed by atoms with Gasteiger partial charge in [0.05, 0.1) is 23.5 Å². The van der Waals surface area contributed by atoms with Gasteiger partial charge < -0.3 is 10.1 Å². The van der Waals surface area contributed by atoms with Crippen LogP contribution in [0.15, 0.2) is 48.5 Å². The maximum Gasteiger partial charge on any atom is 0.255 e. The molecule has 0 aliphatic carbocycles. The van der Waals surface area contributed by atoms with Crippen molar-refractivity contribution in [1.82, 2.24) is 0 Å². The van der Waals surface area contributed by atoms with Crippen LogP contribution in [0.25, 0.3) is 0 Å². The first-order valence-electron chi connectivity index (χ1n) is 8.92. The Balaban J connectivity index is 1.71. The molecule has 3 rings (SSSR count). The Kier molecular flexibility index (Phi) is 5.42. The van der Waals surface area contributed by atoms with Gasteiger partial charge in [-0.3, -0.25) is 9.59 Å². The third kappa shape index (κ3) is 4.17. The van der Waals surface area contributed by atoms with E-state index < -0.39 is 21.8 Å². The van der Waals surface area contributed by atoms with E-state index in [0.29, 0.717) is 17.0 Å². The van der Waals surface area contributed by atoms with Crippen LogP contribution in [-0.4, -0.2) is 32.1 Å². The molecule has 0 bridgehead atoms. The molecule has 1 atom stereocenters. The minimum Gasteiger partial charge on any atom is -0.491 e. The molecule has 28 heavy (non-hydrogen) atoms. The molecule has 0 saturated carbocycles. The molecule has 1 aliphatic rings. The van der Waals surface area contributed by atoms with Gasteiger partial charge in [-0.1, -0.05) is 6.92 Å². The monoisotopic (exact) mass is 402 g/mol. The van der Waals surface area contributed by atoms with Crippen molar-refractivity contribution in [3.05, 3.63) is 54.1 Å². The van der Waals surface area contributed by atoms with Gasteiger partial charge in [0.1, 0.15) is 5.75 Å². The SMILES string of the molecule is CC(C)Oc1ccc(NC(=O)c2ccc(N3C(=O)C(C)CS3(=O)=O)cc2)cc1. The number of sulfonamides is 1. The van der Waals surface area contributed by atoms with Crippen LogP contribution in [0, 0.1) is 5.92 Å². The van der Waals surface area contributed by atoms with Crippen LogP contribution < -0.4 is 14.4 Å². The lowest BCUT2D eigenvalue weighted by molar-refractivity contribution is -0.119. The average molecular weight is 402 g/mol. The molecular weight excluding hydrogens is 380 g/mol. The van der Waals surface area contributed by atoms with Gasteiger partial charge in [-0.2, -0.15) is 0 Å². The summed E-state index contributed by atoms with van der Waals surface area (Å²) in [7, 11) is -3.66. The highest BCUT2D eigenvalue weighted by Crippen LogP contribution is 2.28. The Morgan fingerprint density at radius 2 is 1.71 bits per heavy atom. The van der Waals surface area contributed by atoms with Crippen molar-refractivity contribution in [2.24, 2.45) is 5.92 Å². The molecule has 2 aromatic rings. The standard InChI is InChI=1S/C20H22N2O5S/c1-13(2)27-18-10-6-16(7-11-18)21-19(23)15-4-8-17(9-5-15)22-20(24)14(3)12-28(22,25)26/h4-11,13-14H,12H2,1-3H3,(H,21,23). The van der Waals surface area contributed by atoms with Crippen LogP contribution in [-0.2, 0) is 14.8 Å².